The van der Waals surface area contributed by atoms with Crippen molar-refractivity contribution in [1.82, 2.24) is 14.8 Å². The summed E-state index contributed by atoms with van der Waals surface area (Å²) in [4.78, 5) is 32.7. The Morgan fingerprint density at radius 2 is 1.92 bits per heavy atom. The number of piperazine rings is 1. The minimum Gasteiger partial charge on any atom is -0.444 e. The van der Waals surface area contributed by atoms with Gasteiger partial charge in [-0.15, -0.1) is 11.3 Å². The first-order valence-corrected chi connectivity index (χ1v) is 9.28. The number of hydrogen-bond donors (Lipinski definition) is 0. The van der Waals surface area contributed by atoms with Crippen molar-refractivity contribution >= 4 is 23.3 Å². The highest BCUT2D eigenvalue weighted by Crippen LogP contribution is 2.20. The minimum absolute atomic E-state index is 0.0239. The zero-order valence-corrected chi connectivity index (χ0v) is 15.9. The van der Waals surface area contributed by atoms with Crippen LogP contribution in [0, 0.1) is 0 Å². The van der Waals surface area contributed by atoms with Crippen LogP contribution in [-0.4, -0.2) is 57.6 Å². The van der Waals surface area contributed by atoms with Gasteiger partial charge in [0.05, 0.1) is 11.2 Å². The first-order chi connectivity index (χ1) is 11.2. The Balaban J connectivity index is 1.92. The number of hydrogen-bond acceptors (Lipinski definition) is 5. The van der Waals surface area contributed by atoms with Crippen LogP contribution in [0.15, 0.2) is 10.9 Å². The number of thiazole rings is 1. The summed E-state index contributed by atoms with van der Waals surface area (Å²) < 4.78 is 5.44. The Labute approximate surface area is 147 Å². The van der Waals surface area contributed by atoms with Crippen LogP contribution in [0.2, 0.25) is 0 Å². The highest BCUT2D eigenvalue weighted by Gasteiger charge is 2.36. The standard InChI is InChI=1S/C17H27N3O3S/c1-12-8-19(16(22)23-17(3,4)5)9-13(2)20(12)15(21)7-6-14-10-24-11-18-14/h10-13H,6-9H2,1-5H3/t12-,13-/m0/s1. The van der Waals surface area contributed by atoms with Crippen LogP contribution < -0.4 is 0 Å². The number of aromatic nitrogens is 1. The lowest BCUT2D eigenvalue weighted by atomic mass is 10.1. The Bertz CT molecular complexity index is 556. The minimum atomic E-state index is -0.510. The van der Waals surface area contributed by atoms with Crippen molar-refractivity contribution in [3.8, 4) is 0 Å². The molecule has 24 heavy (non-hydrogen) atoms. The zero-order chi connectivity index (χ0) is 17.9. The van der Waals surface area contributed by atoms with E-state index in [1.54, 1.807) is 21.7 Å². The van der Waals surface area contributed by atoms with Crippen LogP contribution in [0.3, 0.4) is 0 Å². The van der Waals surface area contributed by atoms with E-state index in [2.05, 4.69) is 4.98 Å². The SMILES string of the molecule is C[C@H]1CN(C(=O)OC(C)(C)C)C[C@H](C)N1C(=O)CCc1cscn1. The summed E-state index contributed by atoms with van der Waals surface area (Å²) in [5.74, 6) is 0.117. The average molecular weight is 353 g/mol. The maximum atomic E-state index is 12.6. The maximum absolute atomic E-state index is 12.6. The number of nitrogens with zero attached hydrogens (tertiary/aromatic N) is 3. The molecule has 1 aromatic heterocycles. The summed E-state index contributed by atoms with van der Waals surface area (Å²) in [7, 11) is 0. The molecule has 0 radical (unpaired) electrons. The second kappa shape index (κ2) is 7.51. The lowest BCUT2D eigenvalue weighted by Gasteiger charge is -2.44. The number of aryl methyl sites for hydroxylation is 1. The van der Waals surface area contributed by atoms with E-state index in [0.29, 0.717) is 25.9 Å². The Hall–Kier alpha value is -1.63. The van der Waals surface area contributed by atoms with Crippen molar-refractivity contribution in [2.75, 3.05) is 13.1 Å². The molecule has 0 aromatic carbocycles. The van der Waals surface area contributed by atoms with Crippen molar-refractivity contribution in [1.29, 1.82) is 0 Å². The van der Waals surface area contributed by atoms with E-state index >= 15 is 0 Å². The van der Waals surface area contributed by atoms with E-state index in [0.717, 1.165) is 5.69 Å². The molecule has 1 aliphatic heterocycles. The highest BCUT2D eigenvalue weighted by atomic mass is 32.1. The molecule has 0 spiro atoms. The molecule has 7 heteroatoms. The van der Waals surface area contributed by atoms with Gasteiger partial charge in [-0.2, -0.15) is 0 Å². The van der Waals surface area contributed by atoms with E-state index in [-0.39, 0.29) is 24.1 Å². The third-order valence-corrected chi connectivity index (χ3v) is 4.57. The van der Waals surface area contributed by atoms with E-state index in [9.17, 15) is 9.59 Å². The van der Waals surface area contributed by atoms with Gasteiger partial charge < -0.3 is 14.5 Å². The van der Waals surface area contributed by atoms with Gasteiger partial charge >= 0.3 is 6.09 Å². The van der Waals surface area contributed by atoms with Gasteiger partial charge in [0.2, 0.25) is 5.91 Å². The van der Waals surface area contributed by atoms with Gasteiger partial charge in [0.15, 0.2) is 0 Å². The fourth-order valence-corrected chi connectivity index (χ4v) is 3.61. The molecule has 0 unspecified atom stereocenters. The molecule has 0 bridgehead atoms. The summed E-state index contributed by atoms with van der Waals surface area (Å²) in [6.07, 6.45) is 0.801. The van der Waals surface area contributed by atoms with E-state index in [1.807, 2.05) is 44.9 Å². The summed E-state index contributed by atoms with van der Waals surface area (Å²) in [5.41, 5.74) is 2.23. The smallest absolute Gasteiger partial charge is 0.410 e. The molecule has 1 aliphatic rings. The van der Waals surface area contributed by atoms with Crippen LogP contribution in [-0.2, 0) is 16.0 Å². The molecule has 0 aliphatic carbocycles. The van der Waals surface area contributed by atoms with Crippen molar-refractivity contribution in [3.05, 3.63) is 16.6 Å². The van der Waals surface area contributed by atoms with Crippen molar-refractivity contribution in [2.24, 2.45) is 0 Å². The average Bonchev–Trinajstić information content (AvgIpc) is 2.95. The molecule has 2 atom stereocenters. The number of rotatable bonds is 3. The third-order valence-electron chi connectivity index (χ3n) is 3.94. The molecule has 6 nitrogen and oxygen atoms in total. The van der Waals surface area contributed by atoms with Crippen LogP contribution >= 0.6 is 11.3 Å². The Kier molecular flexibility index (Phi) is 5.85. The molecule has 2 heterocycles. The predicted octanol–water partition coefficient (Wildman–Crippen LogP) is 2.93. The lowest BCUT2D eigenvalue weighted by molar-refractivity contribution is -0.139. The van der Waals surface area contributed by atoms with Crippen LogP contribution in [0.25, 0.3) is 0 Å². The van der Waals surface area contributed by atoms with Gasteiger partial charge in [0.1, 0.15) is 5.60 Å². The Morgan fingerprint density at radius 3 is 2.42 bits per heavy atom. The van der Waals surface area contributed by atoms with Gasteiger partial charge in [-0.3, -0.25) is 4.79 Å². The number of amides is 2. The van der Waals surface area contributed by atoms with Gasteiger partial charge in [-0.05, 0) is 41.0 Å². The third kappa shape index (κ3) is 4.93. The monoisotopic (exact) mass is 353 g/mol. The number of carbonyl (C=O) groups is 2. The molecule has 1 fully saturated rings. The molecule has 0 N–H and O–H groups in total. The topological polar surface area (TPSA) is 62.7 Å². The molecule has 2 rings (SSSR count). The van der Waals surface area contributed by atoms with Crippen LogP contribution in [0.1, 0.15) is 46.7 Å². The van der Waals surface area contributed by atoms with Gasteiger partial charge in [-0.1, -0.05) is 0 Å². The second-order valence-corrected chi connectivity index (χ2v) is 8.08. The largest absolute Gasteiger partial charge is 0.444 e. The molecule has 2 amide bonds. The van der Waals surface area contributed by atoms with E-state index in [1.165, 1.54) is 0 Å². The Morgan fingerprint density at radius 1 is 1.29 bits per heavy atom. The molecule has 0 saturated carbocycles. The highest BCUT2D eigenvalue weighted by molar-refractivity contribution is 7.07. The normalized spacial score (nSPS) is 21.7. The fourth-order valence-electron chi connectivity index (χ4n) is 3.02. The number of carbonyl (C=O) groups excluding carboxylic acids is 2. The van der Waals surface area contributed by atoms with E-state index in [4.69, 9.17) is 4.74 Å². The molecular weight excluding hydrogens is 326 g/mol. The maximum Gasteiger partial charge on any atom is 0.410 e. The first-order valence-electron chi connectivity index (χ1n) is 8.33. The quantitative estimate of drug-likeness (QED) is 0.838. The molecule has 134 valence electrons. The summed E-state index contributed by atoms with van der Waals surface area (Å²) in [6, 6.07) is -0.0478. The summed E-state index contributed by atoms with van der Waals surface area (Å²) in [5, 5.41) is 1.97. The summed E-state index contributed by atoms with van der Waals surface area (Å²) >= 11 is 1.54. The lowest BCUT2D eigenvalue weighted by Crippen LogP contribution is -2.60. The van der Waals surface area contributed by atoms with E-state index < -0.39 is 5.60 Å². The first kappa shape index (κ1) is 18.7. The zero-order valence-electron chi connectivity index (χ0n) is 15.1. The fraction of sp³-hybridized carbons (Fsp3) is 0.706. The van der Waals surface area contributed by atoms with Crippen molar-refractivity contribution < 1.29 is 14.3 Å². The van der Waals surface area contributed by atoms with Crippen molar-refractivity contribution in [3.63, 3.8) is 0 Å². The van der Waals surface area contributed by atoms with Gasteiger partial charge in [-0.25, -0.2) is 9.78 Å². The van der Waals surface area contributed by atoms with Gasteiger partial charge in [0.25, 0.3) is 0 Å². The predicted molar refractivity (Wildman–Crippen MR) is 94.0 cm³/mol. The molecule has 1 aromatic rings. The molecular formula is C17H27N3O3S. The molecule has 1 saturated heterocycles. The summed E-state index contributed by atoms with van der Waals surface area (Å²) in [6.45, 7) is 10.5. The van der Waals surface area contributed by atoms with Gasteiger partial charge in [0, 0.05) is 37.0 Å². The van der Waals surface area contributed by atoms with Crippen molar-refractivity contribution in [2.45, 2.75) is 65.1 Å². The number of ether oxygens (including phenoxy) is 1. The van der Waals surface area contributed by atoms with Crippen LogP contribution in [0.4, 0.5) is 4.79 Å². The van der Waals surface area contributed by atoms with Crippen LogP contribution in [0.5, 0.6) is 0 Å². The second-order valence-electron chi connectivity index (χ2n) is 7.36.